The third kappa shape index (κ3) is 7.90. The zero-order valence-electron chi connectivity index (χ0n) is 40.9. The fourth-order valence-electron chi connectivity index (χ4n) is 11.0. The summed E-state index contributed by atoms with van der Waals surface area (Å²) >= 11 is 0. The molecule has 0 spiro atoms. The van der Waals surface area contributed by atoms with E-state index >= 15 is 0 Å². The van der Waals surface area contributed by atoms with Crippen LogP contribution in [-0.4, -0.2) is 0 Å². The molecule has 0 saturated heterocycles. The fourth-order valence-corrected chi connectivity index (χ4v) is 11.0. The lowest BCUT2D eigenvalue weighted by atomic mass is 9.58. The van der Waals surface area contributed by atoms with Crippen LogP contribution in [0.1, 0.15) is 55.5 Å². The molecule has 0 heterocycles. The lowest BCUT2D eigenvalue weighted by Crippen LogP contribution is -2.39. The van der Waals surface area contributed by atoms with Gasteiger partial charge in [-0.2, -0.15) is 5.26 Å². The zero-order valence-corrected chi connectivity index (χ0v) is 40.9. The van der Waals surface area contributed by atoms with Gasteiger partial charge in [-0.05, 0) is 115 Å². The maximum absolute atomic E-state index is 12.1. The van der Waals surface area contributed by atoms with E-state index in [0.717, 1.165) is 78.4 Å². The Balaban J connectivity index is 1.26. The molecule has 0 radical (unpaired) electrons. The number of rotatable bonds is 10. The molecule has 4 nitrogen and oxygen atoms in total. The van der Waals surface area contributed by atoms with Crippen LogP contribution in [0.15, 0.2) is 243 Å². The number of hydrogen-bond acceptors (Lipinski definition) is 3. The number of hydrogen-bond donors (Lipinski definition) is 0. The smallest absolute Gasteiger partial charge is 0.230 e. The van der Waals surface area contributed by atoms with E-state index < -0.39 is 10.8 Å². The summed E-state index contributed by atoms with van der Waals surface area (Å²) in [6, 6.07) is 87.5. The van der Waals surface area contributed by atoms with Crippen molar-refractivity contribution >= 4 is 39.8 Å². The van der Waals surface area contributed by atoms with Crippen LogP contribution >= 0.6 is 0 Å². The molecule has 0 amide bonds. The SMILES string of the molecule is [C-]#[N+]c1c(C#N)c(N(c2ccc(-c3ccccc3)cc2)c2cccc(-c3ccccc3)c2)c2c(c1N(c1ccc(-c3ccccc3)cc1)c1cccc(-c3ccccc3)c1)C(C)(C)c1ccccc1C2(C)C. The van der Waals surface area contributed by atoms with Crippen molar-refractivity contribution in [2.45, 2.75) is 38.5 Å². The van der Waals surface area contributed by atoms with Gasteiger partial charge in [0.1, 0.15) is 0 Å². The average molecular weight is 925 g/mol. The molecule has 0 bridgehead atoms. The summed E-state index contributed by atoms with van der Waals surface area (Å²) in [6.45, 7) is 18.6. The number of anilines is 6. The highest BCUT2D eigenvalue weighted by Gasteiger charge is 2.48. The van der Waals surface area contributed by atoms with Gasteiger partial charge < -0.3 is 9.80 Å². The number of nitriles is 1. The van der Waals surface area contributed by atoms with Crippen LogP contribution in [0.4, 0.5) is 39.8 Å². The first kappa shape index (κ1) is 45.2. The Morgan fingerprint density at radius 3 is 1.06 bits per heavy atom. The molecule has 1 aliphatic rings. The summed E-state index contributed by atoms with van der Waals surface area (Å²) in [4.78, 5) is 9.04. The summed E-state index contributed by atoms with van der Waals surface area (Å²) in [7, 11) is 0. The van der Waals surface area contributed by atoms with Crippen molar-refractivity contribution < 1.29 is 0 Å². The molecule has 0 atom stereocenters. The van der Waals surface area contributed by atoms with Crippen molar-refractivity contribution in [2.75, 3.05) is 9.80 Å². The summed E-state index contributed by atoms with van der Waals surface area (Å²) in [6.07, 6.45) is 0. The average Bonchev–Trinajstić information content (AvgIpc) is 3.44. The minimum absolute atomic E-state index is 0.289. The van der Waals surface area contributed by atoms with Crippen LogP contribution in [0, 0.1) is 17.9 Å². The number of nitrogens with zero attached hydrogens (tertiary/aromatic N) is 4. The molecule has 10 aromatic carbocycles. The second kappa shape index (κ2) is 18.6. The van der Waals surface area contributed by atoms with Gasteiger partial charge in [-0.15, -0.1) is 0 Å². The van der Waals surface area contributed by atoms with Crippen molar-refractivity contribution in [1.29, 1.82) is 5.26 Å². The van der Waals surface area contributed by atoms with Crippen molar-refractivity contribution in [1.82, 2.24) is 0 Å². The highest BCUT2D eigenvalue weighted by molar-refractivity contribution is 6.01. The van der Waals surface area contributed by atoms with Gasteiger partial charge in [0.15, 0.2) is 0 Å². The largest absolute Gasteiger partial charge is 0.320 e. The van der Waals surface area contributed by atoms with E-state index in [1.54, 1.807) is 0 Å². The standard InChI is InChI=1S/C68H52N4/c1-67(2)60-34-18-19-35-61(60)68(3,4)63-62(67)65(71(55-40-36-51(37-41-55)47-22-10-6-11-23-47)57-32-20-30-53(44-57)49-26-14-8-15-27-49)59(46-69)64(70-5)66(63)72(56-42-38-52(39-43-56)48-24-12-7-13-25-48)58-33-21-31-54(45-58)50-28-16-9-17-29-50/h6-45H,1-4H3. The van der Waals surface area contributed by atoms with Gasteiger partial charge in [-0.1, -0.05) is 222 Å². The van der Waals surface area contributed by atoms with Gasteiger partial charge in [0, 0.05) is 33.6 Å². The molecule has 0 aliphatic heterocycles. The van der Waals surface area contributed by atoms with E-state index in [4.69, 9.17) is 0 Å². The van der Waals surface area contributed by atoms with E-state index in [1.807, 2.05) is 24.3 Å². The Morgan fingerprint density at radius 2 is 0.681 bits per heavy atom. The molecule has 0 saturated carbocycles. The van der Waals surface area contributed by atoms with Crippen LogP contribution in [0.5, 0.6) is 0 Å². The molecular formula is C68H52N4. The Morgan fingerprint density at radius 1 is 0.361 bits per heavy atom. The third-order valence-corrected chi connectivity index (χ3v) is 14.5. The first-order valence-corrected chi connectivity index (χ1v) is 24.5. The molecular weight excluding hydrogens is 873 g/mol. The predicted molar refractivity (Wildman–Crippen MR) is 299 cm³/mol. The van der Waals surface area contributed by atoms with E-state index in [0.29, 0.717) is 16.9 Å². The predicted octanol–water partition coefficient (Wildman–Crippen LogP) is 18.7. The van der Waals surface area contributed by atoms with Crippen LogP contribution in [0.2, 0.25) is 0 Å². The van der Waals surface area contributed by atoms with E-state index in [-0.39, 0.29) is 5.69 Å². The van der Waals surface area contributed by atoms with E-state index in [1.165, 1.54) is 11.1 Å². The van der Waals surface area contributed by atoms with Crippen molar-refractivity contribution in [3.05, 3.63) is 282 Å². The topological polar surface area (TPSA) is 34.6 Å². The van der Waals surface area contributed by atoms with Crippen LogP contribution in [0.3, 0.4) is 0 Å². The third-order valence-electron chi connectivity index (χ3n) is 14.5. The molecule has 0 fully saturated rings. The maximum atomic E-state index is 12.1. The molecule has 0 aromatic heterocycles. The fraction of sp³-hybridized carbons (Fsp3) is 0.0882. The molecule has 4 heteroatoms. The van der Waals surface area contributed by atoms with Gasteiger partial charge in [0.25, 0.3) is 0 Å². The summed E-state index contributed by atoms with van der Waals surface area (Å²) in [5, 5.41) is 12.1. The van der Waals surface area contributed by atoms with Gasteiger partial charge >= 0.3 is 0 Å². The van der Waals surface area contributed by atoms with Gasteiger partial charge in [0.05, 0.1) is 29.6 Å². The highest BCUT2D eigenvalue weighted by Crippen LogP contribution is 2.62. The second-order valence-corrected chi connectivity index (χ2v) is 19.5. The molecule has 0 N–H and O–H groups in total. The zero-order chi connectivity index (χ0) is 49.4. The number of fused-ring (bicyclic) bond motifs is 2. The van der Waals surface area contributed by atoms with Crippen molar-refractivity contribution in [3.63, 3.8) is 0 Å². The first-order chi connectivity index (χ1) is 35.2. The summed E-state index contributed by atoms with van der Waals surface area (Å²) in [5.41, 5.74) is 17.1. The second-order valence-electron chi connectivity index (χ2n) is 19.5. The first-order valence-electron chi connectivity index (χ1n) is 24.5. The van der Waals surface area contributed by atoms with E-state index in [2.05, 4.69) is 267 Å². The summed E-state index contributed by atoms with van der Waals surface area (Å²) in [5.74, 6) is 0. The van der Waals surface area contributed by atoms with E-state index in [9.17, 15) is 11.8 Å². The molecule has 72 heavy (non-hydrogen) atoms. The Hall–Kier alpha value is -9.22. The molecule has 1 aliphatic carbocycles. The Labute approximate surface area is 423 Å². The van der Waals surface area contributed by atoms with Crippen LogP contribution in [-0.2, 0) is 10.8 Å². The summed E-state index contributed by atoms with van der Waals surface area (Å²) < 4.78 is 0. The maximum Gasteiger partial charge on any atom is 0.230 e. The van der Waals surface area contributed by atoms with Crippen LogP contribution < -0.4 is 9.80 Å². The molecule has 11 rings (SSSR count). The molecule has 10 aromatic rings. The van der Waals surface area contributed by atoms with Gasteiger partial charge in [-0.25, -0.2) is 4.85 Å². The molecule has 0 unspecified atom stereocenters. The monoisotopic (exact) mass is 924 g/mol. The van der Waals surface area contributed by atoms with Crippen LogP contribution in [0.25, 0.3) is 49.4 Å². The minimum atomic E-state index is -0.675. The minimum Gasteiger partial charge on any atom is -0.320 e. The quantitative estimate of drug-likeness (QED) is 0.128. The lowest BCUT2D eigenvalue weighted by molar-refractivity contribution is 0.522. The van der Waals surface area contributed by atoms with Gasteiger partial charge in [-0.3, -0.25) is 0 Å². The highest BCUT2D eigenvalue weighted by atomic mass is 15.2. The normalized spacial score (nSPS) is 12.9. The van der Waals surface area contributed by atoms with Crippen molar-refractivity contribution in [3.8, 4) is 50.6 Å². The molecule has 344 valence electrons. The number of benzene rings is 10. The Kier molecular flexibility index (Phi) is 11.7. The lowest BCUT2D eigenvalue weighted by Gasteiger charge is -2.49. The Bertz CT molecular complexity index is 3430. The van der Waals surface area contributed by atoms with Crippen molar-refractivity contribution in [2.24, 2.45) is 0 Å². The van der Waals surface area contributed by atoms with Gasteiger partial charge in [0.2, 0.25) is 5.69 Å².